The highest BCUT2D eigenvalue weighted by atomic mass is 16.2. The third kappa shape index (κ3) is 4.85. The topological polar surface area (TPSA) is 58.1 Å². The minimum Gasteiger partial charge on any atom is -0.352 e. The molecule has 0 radical (unpaired) electrons. The first-order valence-corrected chi connectivity index (χ1v) is 6.81. The molecule has 0 aliphatic rings. The van der Waals surface area contributed by atoms with E-state index >= 15 is 0 Å². The van der Waals surface area contributed by atoms with Gasteiger partial charge in [-0.05, 0) is 33.3 Å². The Morgan fingerprint density at radius 3 is 2.68 bits per heavy atom. The summed E-state index contributed by atoms with van der Waals surface area (Å²) >= 11 is 0. The van der Waals surface area contributed by atoms with E-state index in [0.29, 0.717) is 11.6 Å². The summed E-state index contributed by atoms with van der Waals surface area (Å²) in [6.07, 6.45) is 2.07. The van der Waals surface area contributed by atoms with Crippen LogP contribution in [-0.2, 0) is 0 Å². The smallest absolute Gasteiger partial charge is 0.272 e. The lowest BCUT2D eigenvalue weighted by atomic mass is 10.2. The molecule has 1 rings (SSSR count). The molecule has 0 aliphatic heterocycles. The Labute approximate surface area is 115 Å². The van der Waals surface area contributed by atoms with Crippen molar-refractivity contribution in [3.05, 3.63) is 17.5 Å². The summed E-state index contributed by atoms with van der Waals surface area (Å²) in [6.45, 7) is 8.76. The van der Waals surface area contributed by atoms with Crippen molar-refractivity contribution in [2.75, 3.05) is 18.9 Å². The van der Waals surface area contributed by atoms with E-state index in [0.717, 1.165) is 25.1 Å². The summed E-state index contributed by atoms with van der Waals surface area (Å²) < 4.78 is 0. The van der Waals surface area contributed by atoms with Gasteiger partial charge in [-0.2, -0.15) is 0 Å². The summed E-state index contributed by atoms with van der Waals surface area (Å²) in [4.78, 5) is 22.5. The third-order valence-corrected chi connectivity index (χ3v) is 2.68. The molecule has 19 heavy (non-hydrogen) atoms. The van der Waals surface area contributed by atoms with E-state index in [-0.39, 0.29) is 11.9 Å². The molecule has 1 heterocycles. The zero-order valence-corrected chi connectivity index (χ0v) is 12.5. The largest absolute Gasteiger partial charge is 0.352 e. The van der Waals surface area contributed by atoms with E-state index in [1.165, 1.54) is 0 Å². The van der Waals surface area contributed by atoms with Crippen molar-refractivity contribution < 1.29 is 4.79 Å². The second kappa shape index (κ2) is 7.07. The quantitative estimate of drug-likeness (QED) is 0.857. The molecule has 0 unspecified atom stereocenters. The summed E-state index contributed by atoms with van der Waals surface area (Å²) in [5.74, 6) is 0.466. The third-order valence-electron chi connectivity index (χ3n) is 2.68. The molecule has 1 aromatic heterocycles. The SMILES string of the molecule is CCCCN(C)C(=O)c1cc(C)nc(NC(C)C)n1. The van der Waals surface area contributed by atoms with E-state index < -0.39 is 0 Å². The molecule has 0 aromatic carbocycles. The standard InChI is InChI=1S/C14H24N4O/c1-6-7-8-18(5)13(19)12-9-11(4)16-14(17-12)15-10(2)3/h9-10H,6-8H2,1-5H3,(H,15,16,17). The van der Waals surface area contributed by atoms with Crippen molar-refractivity contribution in [3.63, 3.8) is 0 Å². The molecule has 0 saturated heterocycles. The maximum atomic E-state index is 12.2. The first-order valence-electron chi connectivity index (χ1n) is 6.81. The van der Waals surface area contributed by atoms with Crippen molar-refractivity contribution in [2.24, 2.45) is 0 Å². The zero-order chi connectivity index (χ0) is 14.4. The van der Waals surface area contributed by atoms with Crippen LogP contribution in [0.2, 0.25) is 0 Å². The van der Waals surface area contributed by atoms with Crippen LogP contribution in [0.5, 0.6) is 0 Å². The first kappa shape index (κ1) is 15.4. The van der Waals surface area contributed by atoms with Crippen LogP contribution in [-0.4, -0.2) is 40.4 Å². The normalized spacial score (nSPS) is 10.6. The van der Waals surface area contributed by atoms with Crippen LogP contribution in [0.25, 0.3) is 0 Å². The molecule has 0 fully saturated rings. The van der Waals surface area contributed by atoms with Gasteiger partial charge >= 0.3 is 0 Å². The van der Waals surface area contributed by atoms with Crippen molar-refractivity contribution in [1.29, 1.82) is 0 Å². The number of aryl methyl sites for hydroxylation is 1. The van der Waals surface area contributed by atoms with E-state index in [1.54, 1.807) is 11.0 Å². The number of nitrogens with one attached hydrogen (secondary N) is 1. The number of anilines is 1. The first-order chi connectivity index (χ1) is 8.93. The number of rotatable bonds is 6. The molecule has 5 nitrogen and oxygen atoms in total. The van der Waals surface area contributed by atoms with Crippen LogP contribution in [0.15, 0.2) is 6.07 Å². The van der Waals surface area contributed by atoms with Crippen molar-refractivity contribution in [1.82, 2.24) is 14.9 Å². The Morgan fingerprint density at radius 1 is 1.42 bits per heavy atom. The number of carbonyl (C=O) groups is 1. The zero-order valence-electron chi connectivity index (χ0n) is 12.5. The number of hydrogen-bond acceptors (Lipinski definition) is 4. The molecule has 1 amide bonds. The van der Waals surface area contributed by atoms with E-state index in [1.807, 2.05) is 27.8 Å². The maximum absolute atomic E-state index is 12.2. The number of nitrogens with zero attached hydrogens (tertiary/aromatic N) is 3. The van der Waals surface area contributed by atoms with E-state index in [9.17, 15) is 4.79 Å². The molecule has 0 bridgehead atoms. The summed E-state index contributed by atoms with van der Waals surface area (Å²) in [7, 11) is 1.81. The highest BCUT2D eigenvalue weighted by molar-refractivity contribution is 5.92. The Kier molecular flexibility index (Phi) is 5.73. The number of unbranched alkanes of at least 4 members (excludes halogenated alkanes) is 1. The highest BCUT2D eigenvalue weighted by Gasteiger charge is 2.15. The molecule has 5 heteroatoms. The Balaban J connectivity index is 2.87. The van der Waals surface area contributed by atoms with Gasteiger partial charge in [-0.3, -0.25) is 4.79 Å². The van der Waals surface area contributed by atoms with Crippen LogP contribution in [0.3, 0.4) is 0 Å². The van der Waals surface area contributed by atoms with Gasteiger partial charge in [-0.1, -0.05) is 13.3 Å². The lowest BCUT2D eigenvalue weighted by molar-refractivity contribution is 0.0787. The Morgan fingerprint density at radius 2 is 2.11 bits per heavy atom. The van der Waals surface area contributed by atoms with Gasteiger partial charge < -0.3 is 10.2 Å². The summed E-state index contributed by atoms with van der Waals surface area (Å²) in [6, 6.07) is 1.97. The molecule has 1 aromatic rings. The van der Waals surface area contributed by atoms with Gasteiger partial charge in [0.25, 0.3) is 5.91 Å². The average molecular weight is 264 g/mol. The van der Waals surface area contributed by atoms with Gasteiger partial charge in [0.2, 0.25) is 5.95 Å². The molecule has 1 N–H and O–H groups in total. The van der Waals surface area contributed by atoms with Crippen LogP contribution >= 0.6 is 0 Å². The number of hydrogen-bond donors (Lipinski definition) is 1. The second-order valence-electron chi connectivity index (χ2n) is 5.10. The molecule has 0 aliphatic carbocycles. The predicted molar refractivity (Wildman–Crippen MR) is 77.4 cm³/mol. The van der Waals surface area contributed by atoms with Gasteiger partial charge in [-0.15, -0.1) is 0 Å². The minimum absolute atomic E-state index is 0.0502. The van der Waals surface area contributed by atoms with Crippen LogP contribution in [0.4, 0.5) is 5.95 Å². The second-order valence-corrected chi connectivity index (χ2v) is 5.10. The van der Waals surface area contributed by atoms with Gasteiger partial charge in [0, 0.05) is 25.3 Å². The summed E-state index contributed by atoms with van der Waals surface area (Å²) in [5.41, 5.74) is 1.25. The van der Waals surface area contributed by atoms with Crippen LogP contribution in [0, 0.1) is 6.92 Å². The van der Waals surface area contributed by atoms with Crippen LogP contribution in [0.1, 0.15) is 49.8 Å². The monoisotopic (exact) mass is 264 g/mol. The van der Waals surface area contributed by atoms with Crippen molar-refractivity contribution >= 4 is 11.9 Å². The highest BCUT2D eigenvalue weighted by Crippen LogP contribution is 2.09. The number of carbonyl (C=O) groups excluding carboxylic acids is 1. The lowest BCUT2D eigenvalue weighted by Crippen LogP contribution is -2.29. The molecule has 0 spiro atoms. The molecule has 0 atom stereocenters. The lowest BCUT2D eigenvalue weighted by Gasteiger charge is -2.17. The van der Waals surface area contributed by atoms with Gasteiger partial charge in [0.1, 0.15) is 5.69 Å². The molecule has 106 valence electrons. The van der Waals surface area contributed by atoms with Crippen molar-refractivity contribution in [2.45, 2.75) is 46.6 Å². The van der Waals surface area contributed by atoms with Gasteiger partial charge in [0.05, 0.1) is 0 Å². The van der Waals surface area contributed by atoms with Crippen LogP contribution < -0.4 is 5.32 Å². The number of amides is 1. The van der Waals surface area contributed by atoms with Crippen molar-refractivity contribution in [3.8, 4) is 0 Å². The Bertz CT molecular complexity index is 431. The fraction of sp³-hybridized carbons (Fsp3) is 0.643. The van der Waals surface area contributed by atoms with Gasteiger partial charge in [-0.25, -0.2) is 9.97 Å². The summed E-state index contributed by atoms with van der Waals surface area (Å²) in [5, 5.41) is 3.13. The van der Waals surface area contributed by atoms with Gasteiger partial charge in [0.15, 0.2) is 0 Å². The Hall–Kier alpha value is -1.65. The molecular formula is C14H24N4O. The predicted octanol–water partition coefficient (Wildman–Crippen LogP) is 2.48. The minimum atomic E-state index is -0.0502. The maximum Gasteiger partial charge on any atom is 0.272 e. The van der Waals surface area contributed by atoms with E-state index in [2.05, 4.69) is 22.2 Å². The fourth-order valence-electron chi connectivity index (χ4n) is 1.69. The molecule has 0 saturated carbocycles. The van der Waals surface area contributed by atoms with E-state index in [4.69, 9.17) is 0 Å². The average Bonchev–Trinajstić information content (AvgIpc) is 2.33. The number of aromatic nitrogens is 2. The fourth-order valence-corrected chi connectivity index (χ4v) is 1.69. The molecular weight excluding hydrogens is 240 g/mol.